The first kappa shape index (κ1) is 21.2. The van der Waals surface area contributed by atoms with Gasteiger partial charge >= 0.3 is 12.1 Å². The second-order valence-electron chi connectivity index (χ2n) is 7.62. The number of carbonyl (C=O) groups is 2. The minimum atomic E-state index is -4.64. The molecule has 2 atom stereocenters. The number of aliphatic carboxylic acids is 1. The number of carboxylic acids is 1. The SMILES string of the molecule is Cc1nn(CC(C)C)c(C)c1CCC(=O)N1C[C@@H](C(F)(F)F)[C@H](C(=O)O)C1. The fourth-order valence-corrected chi connectivity index (χ4v) is 3.60. The summed E-state index contributed by atoms with van der Waals surface area (Å²) in [5.41, 5.74) is 2.68. The maximum Gasteiger partial charge on any atom is 0.394 e. The van der Waals surface area contributed by atoms with E-state index < -0.39 is 43.0 Å². The third-order valence-electron chi connectivity index (χ3n) is 5.07. The second-order valence-corrected chi connectivity index (χ2v) is 7.62. The van der Waals surface area contributed by atoms with Crippen molar-refractivity contribution in [1.82, 2.24) is 14.7 Å². The van der Waals surface area contributed by atoms with E-state index in [0.29, 0.717) is 12.3 Å². The van der Waals surface area contributed by atoms with Crippen molar-refractivity contribution < 1.29 is 27.9 Å². The molecule has 1 aliphatic heterocycles. The van der Waals surface area contributed by atoms with Gasteiger partial charge in [-0.15, -0.1) is 0 Å². The van der Waals surface area contributed by atoms with Gasteiger partial charge in [0.05, 0.1) is 17.5 Å². The highest BCUT2D eigenvalue weighted by Crippen LogP contribution is 2.38. The van der Waals surface area contributed by atoms with E-state index in [9.17, 15) is 22.8 Å². The summed E-state index contributed by atoms with van der Waals surface area (Å²) in [7, 11) is 0. The number of amides is 1. The lowest BCUT2D eigenvalue weighted by molar-refractivity contribution is -0.188. The summed E-state index contributed by atoms with van der Waals surface area (Å²) in [5, 5.41) is 13.5. The van der Waals surface area contributed by atoms with E-state index in [-0.39, 0.29) is 6.42 Å². The molecule has 27 heavy (non-hydrogen) atoms. The smallest absolute Gasteiger partial charge is 0.394 e. The van der Waals surface area contributed by atoms with Crippen LogP contribution in [0.25, 0.3) is 0 Å². The van der Waals surface area contributed by atoms with Crippen molar-refractivity contribution >= 4 is 11.9 Å². The van der Waals surface area contributed by atoms with Crippen LogP contribution in [-0.2, 0) is 22.6 Å². The number of likely N-dealkylation sites (tertiary alicyclic amines) is 1. The molecule has 0 saturated carbocycles. The van der Waals surface area contributed by atoms with Gasteiger partial charge in [-0.05, 0) is 31.7 Å². The molecule has 9 heteroatoms. The number of aryl methyl sites for hydroxylation is 1. The largest absolute Gasteiger partial charge is 0.481 e. The van der Waals surface area contributed by atoms with E-state index in [0.717, 1.165) is 28.4 Å². The molecule has 6 nitrogen and oxygen atoms in total. The molecule has 1 aliphatic rings. The minimum Gasteiger partial charge on any atom is -0.481 e. The van der Waals surface area contributed by atoms with Crippen LogP contribution in [0.5, 0.6) is 0 Å². The van der Waals surface area contributed by atoms with Crippen molar-refractivity contribution in [2.45, 2.75) is 53.3 Å². The molecular weight excluding hydrogens is 363 g/mol. The van der Waals surface area contributed by atoms with E-state index in [4.69, 9.17) is 5.11 Å². The van der Waals surface area contributed by atoms with Crippen molar-refractivity contribution in [2.24, 2.45) is 17.8 Å². The van der Waals surface area contributed by atoms with Crippen molar-refractivity contribution in [3.63, 3.8) is 0 Å². The number of carbonyl (C=O) groups excluding carboxylic acids is 1. The monoisotopic (exact) mass is 389 g/mol. The van der Waals surface area contributed by atoms with Crippen LogP contribution in [0.15, 0.2) is 0 Å². The Morgan fingerprint density at radius 2 is 1.89 bits per heavy atom. The topological polar surface area (TPSA) is 75.4 Å². The summed E-state index contributed by atoms with van der Waals surface area (Å²) in [6, 6.07) is 0. The Labute approximate surface area is 156 Å². The molecule has 0 aliphatic carbocycles. The molecule has 1 N–H and O–H groups in total. The van der Waals surface area contributed by atoms with Gasteiger partial charge < -0.3 is 10.0 Å². The summed E-state index contributed by atoms with van der Waals surface area (Å²) >= 11 is 0. The van der Waals surface area contributed by atoms with Crippen LogP contribution in [0, 0.1) is 31.6 Å². The average molecular weight is 389 g/mol. The van der Waals surface area contributed by atoms with Gasteiger partial charge in [0, 0.05) is 31.7 Å². The summed E-state index contributed by atoms with van der Waals surface area (Å²) in [4.78, 5) is 24.6. The first-order valence-corrected chi connectivity index (χ1v) is 9.02. The lowest BCUT2D eigenvalue weighted by Gasteiger charge is -2.18. The summed E-state index contributed by atoms with van der Waals surface area (Å²) in [6.07, 6.45) is -4.23. The van der Waals surface area contributed by atoms with Crippen molar-refractivity contribution in [1.29, 1.82) is 0 Å². The van der Waals surface area contributed by atoms with E-state index >= 15 is 0 Å². The number of halogens is 3. The number of rotatable bonds is 6. The Morgan fingerprint density at radius 1 is 1.26 bits per heavy atom. The Morgan fingerprint density at radius 3 is 2.37 bits per heavy atom. The van der Waals surface area contributed by atoms with Gasteiger partial charge in [0.1, 0.15) is 0 Å². The molecule has 1 aromatic heterocycles. The molecule has 2 heterocycles. The number of carboxylic acid groups (broad SMARTS) is 1. The van der Waals surface area contributed by atoms with Crippen LogP contribution in [-0.4, -0.2) is 50.9 Å². The van der Waals surface area contributed by atoms with Crippen LogP contribution >= 0.6 is 0 Å². The molecule has 1 amide bonds. The van der Waals surface area contributed by atoms with Crippen molar-refractivity contribution in [2.75, 3.05) is 13.1 Å². The lowest BCUT2D eigenvalue weighted by Crippen LogP contribution is -2.34. The molecule has 1 saturated heterocycles. The van der Waals surface area contributed by atoms with E-state index in [1.54, 1.807) is 0 Å². The van der Waals surface area contributed by atoms with Crippen LogP contribution in [0.1, 0.15) is 37.2 Å². The maximum absolute atomic E-state index is 13.1. The molecule has 1 fully saturated rings. The number of hydrogen-bond acceptors (Lipinski definition) is 3. The summed E-state index contributed by atoms with van der Waals surface area (Å²) in [5.74, 6) is -5.19. The van der Waals surface area contributed by atoms with Gasteiger partial charge in [0.2, 0.25) is 5.91 Å². The Hall–Kier alpha value is -2.06. The predicted octanol–water partition coefficient (Wildman–Crippen LogP) is 2.81. The molecule has 152 valence electrons. The zero-order valence-corrected chi connectivity index (χ0v) is 16.0. The van der Waals surface area contributed by atoms with E-state index in [1.807, 2.05) is 18.5 Å². The quantitative estimate of drug-likeness (QED) is 0.812. The molecule has 1 aromatic rings. The lowest BCUT2D eigenvalue weighted by atomic mass is 9.96. The van der Waals surface area contributed by atoms with Crippen molar-refractivity contribution in [3.8, 4) is 0 Å². The Bertz CT molecular complexity index is 713. The summed E-state index contributed by atoms with van der Waals surface area (Å²) in [6.45, 7) is 7.66. The minimum absolute atomic E-state index is 0.0337. The van der Waals surface area contributed by atoms with Gasteiger partial charge in [0.15, 0.2) is 0 Å². The normalized spacial score (nSPS) is 20.5. The average Bonchev–Trinajstić information content (AvgIpc) is 3.08. The van der Waals surface area contributed by atoms with Gasteiger partial charge in [-0.25, -0.2) is 0 Å². The molecular formula is C18H26F3N3O3. The summed E-state index contributed by atoms with van der Waals surface area (Å²) < 4.78 is 41.1. The van der Waals surface area contributed by atoms with Crippen molar-refractivity contribution in [3.05, 3.63) is 17.0 Å². The zero-order valence-electron chi connectivity index (χ0n) is 16.0. The molecule has 0 radical (unpaired) electrons. The third-order valence-corrected chi connectivity index (χ3v) is 5.07. The van der Waals surface area contributed by atoms with Crippen LogP contribution in [0.4, 0.5) is 13.2 Å². The van der Waals surface area contributed by atoms with Crippen LogP contribution in [0.2, 0.25) is 0 Å². The maximum atomic E-state index is 13.1. The fraction of sp³-hybridized carbons (Fsp3) is 0.722. The Kier molecular flexibility index (Phi) is 6.21. The molecule has 0 bridgehead atoms. The van der Waals surface area contributed by atoms with Crippen LogP contribution < -0.4 is 0 Å². The Balaban J connectivity index is 2.04. The highest BCUT2D eigenvalue weighted by molar-refractivity contribution is 5.79. The molecule has 0 unspecified atom stereocenters. The standard InChI is InChI=1S/C18H26F3N3O3/c1-10(2)7-24-12(4)13(11(3)22-24)5-6-16(25)23-8-14(17(26)27)15(9-23)18(19,20)21/h10,14-15H,5-9H2,1-4H3,(H,26,27)/t14-,15-/m1/s1. The van der Waals surface area contributed by atoms with Gasteiger partial charge in [-0.3, -0.25) is 14.3 Å². The van der Waals surface area contributed by atoms with E-state index in [1.165, 1.54) is 0 Å². The third kappa shape index (κ3) is 4.81. The fourth-order valence-electron chi connectivity index (χ4n) is 3.60. The number of nitrogens with zero attached hydrogens (tertiary/aromatic N) is 3. The van der Waals surface area contributed by atoms with E-state index in [2.05, 4.69) is 18.9 Å². The predicted molar refractivity (Wildman–Crippen MR) is 92.1 cm³/mol. The number of aromatic nitrogens is 2. The number of hydrogen-bond donors (Lipinski definition) is 1. The first-order chi connectivity index (χ1) is 12.4. The molecule has 0 aromatic carbocycles. The van der Waals surface area contributed by atoms with Gasteiger partial charge in [-0.1, -0.05) is 13.8 Å². The van der Waals surface area contributed by atoms with Crippen LogP contribution in [0.3, 0.4) is 0 Å². The molecule has 2 rings (SSSR count). The highest BCUT2D eigenvalue weighted by Gasteiger charge is 2.53. The van der Waals surface area contributed by atoms with Gasteiger partial charge in [-0.2, -0.15) is 18.3 Å². The molecule has 0 spiro atoms. The first-order valence-electron chi connectivity index (χ1n) is 9.02. The second kappa shape index (κ2) is 7.90. The zero-order chi connectivity index (χ0) is 20.5. The van der Waals surface area contributed by atoms with Gasteiger partial charge in [0.25, 0.3) is 0 Å². The number of alkyl halides is 3. The highest BCUT2D eigenvalue weighted by atomic mass is 19.4.